The zero-order valence-corrected chi connectivity index (χ0v) is 16.1. The number of ether oxygens (including phenoxy) is 2. The molecule has 0 aliphatic carbocycles. The highest BCUT2D eigenvalue weighted by atomic mass is 19.1. The van der Waals surface area contributed by atoms with Crippen molar-refractivity contribution in [3.8, 4) is 0 Å². The number of halogens is 1. The summed E-state index contributed by atoms with van der Waals surface area (Å²) < 4.78 is 23.3. The second-order valence-electron chi connectivity index (χ2n) is 6.00. The smallest absolute Gasteiger partial charge is 0.337 e. The van der Waals surface area contributed by atoms with Gasteiger partial charge in [0.25, 0.3) is 0 Å². The Morgan fingerprint density at radius 1 is 0.933 bits per heavy atom. The number of nitrogens with zero attached hydrogens (tertiary/aromatic N) is 2. The van der Waals surface area contributed by atoms with E-state index in [1.165, 1.54) is 50.9 Å². The standard InChI is InChI=1S/C20H18FN5O4/c1-29-19(27)11-7-12(20(28)30-2)9-13(8-11)25-17-16(22)18(24-10-23-17)26-15-6-4-3-5-14(15)21/h3-10H,22H2,1-2H3,(H2,23,24,25,26). The van der Waals surface area contributed by atoms with Crippen molar-refractivity contribution in [1.82, 2.24) is 9.97 Å². The molecule has 2 aromatic carbocycles. The van der Waals surface area contributed by atoms with Gasteiger partial charge in [-0.15, -0.1) is 0 Å². The lowest BCUT2D eigenvalue weighted by molar-refractivity contribution is 0.0599. The van der Waals surface area contributed by atoms with E-state index < -0.39 is 17.8 Å². The summed E-state index contributed by atoms with van der Waals surface area (Å²) in [7, 11) is 2.45. The maximum atomic E-state index is 13.9. The highest BCUT2D eigenvalue weighted by Gasteiger charge is 2.16. The maximum Gasteiger partial charge on any atom is 0.337 e. The Morgan fingerprint density at radius 2 is 1.50 bits per heavy atom. The monoisotopic (exact) mass is 411 g/mol. The van der Waals surface area contributed by atoms with Crippen molar-refractivity contribution in [2.45, 2.75) is 0 Å². The molecule has 3 rings (SSSR count). The molecule has 1 aromatic heterocycles. The first-order valence-corrected chi connectivity index (χ1v) is 8.63. The molecule has 0 saturated carbocycles. The maximum absolute atomic E-state index is 13.9. The quantitative estimate of drug-likeness (QED) is 0.523. The molecule has 0 bridgehead atoms. The number of benzene rings is 2. The average molecular weight is 411 g/mol. The van der Waals surface area contributed by atoms with Crippen LogP contribution in [-0.2, 0) is 9.47 Å². The average Bonchev–Trinajstić information content (AvgIpc) is 2.76. The molecule has 0 aliphatic rings. The van der Waals surface area contributed by atoms with Gasteiger partial charge in [-0.05, 0) is 30.3 Å². The largest absolute Gasteiger partial charge is 0.465 e. The molecule has 154 valence electrons. The number of rotatable bonds is 6. The first-order chi connectivity index (χ1) is 14.4. The number of esters is 2. The van der Waals surface area contributed by atoms with Crippen LogP contribution in [0.4, 0.5) is 33.1 Å². The third-order valence-electron chi connectivity index (χ3n) is 4.05. The van der Waals surface area contributed by atoms with Gasteiger partial charge in [0.1, 0.15) is 17.8 Å². The van der Waals surface area contributed by atoms with E-state index in [9.17, 15) is 14.0 Å². The fourth-order valence-electron chi connectivity index (χ4n) is 2.59. The summed E-state index contributed by atoms with van der Waals surface area (Å²) in [5.41, 5.74) is 7.00. The van der Waals surface area contributed by atoms with Crippen LogP contribution in [0.25, 0.3) is 0 Å². The third kappa shape index (κ3) is 4.43. The van der Waals surface area contributed by atoms with Gasteiger partial charge >= 0.3 is 11.9 Å². The zero-order chi connectivity index (χ0) is 21.7. The van der Waals surface area contributed by atoms with Crippen molar-refractivity contribution in [3.05, 3.63) is 65.7 Å². The molecular weight excluding hydrogens is 393 g/mol. The molecule has 0 spiro atoms. The molecule has 0 saturated heterocycles. The van der Waals surface area contributed by atoms with Crippen molar-refractivity contribution < 1.29 is 23.5 Å². The lowest BCUT2D eigenvalue weighted by Crippen LogP contribution is -2.09. The molecule has 0 unspecified atom stereocenters. The minimum Gasteiger partial charge on any atom is -0.465 e. The first kappa shape index (κ1) is 20.5. The highest BCUT2D eigenvalue weighted by Crippen LogP contribution is 2.29. The molecule has 0 atom stereocenters. The predicted molar refractivity (Wildman–Crippen MR) is 109 cm³/mol. The Kier molecular flexibility index (Phi) is 6.06. The molecule has 9 nitrogen and oxygen atoms in total. The number of nitrogens with two attached hydrogens (primary N) is 1. The second kappa shape index (κ2) is 8.86. The van der Waals surface area contributed by atoms with Gasteiger partial charge in [-0.2, -0.15) is 0 Å². The van der Waals surface area contributed by atoms with E-state index in [-0.39, 0.29) is 34.1 Å². The second-order valence-corrected chi connectivity index (χ2v) is 6.00. The van der Waals surface area contributed by atoms with Crippen LogP contribution in [0.1, 0.15) is 20.7 Å². The molecule has 0 fully saturated rings. The van der Waals surface area contributed by atoms with E-state index in [4.69, 9.17) is 15.2 Å². The van der Waals surface area contributed by atoms with Gasteiger partial charge in [0, 0.05) is 5.69 Å². The number of para-hydroxylation sites is 1. The molecule has 0 radical (unpaired) electrons. The highest BCUT2D eigenvalue weighted by molar-refractivity contribution is 5.97. The summed E-state index contributed by atoms with van der Waals surface area (Å²) in [5, 5.41) is 5.73. The molecule has 1 heterocycles. The van der Waals surface area contributed by atoms with Crippen LogP contribution in [0, 0.1) is 5.82 Å². The Bertz CT molecular complexity index is 1070. The van der Waals surface area contributed by atoms with Gasteiger partial charge in [-0.1, -0.05) is 12.1 Å². The number of nitrogen functional groups attached to an aromatic ring is 1. The molecule has 30 heavy (non-hydrogen) atoms. The normalized spacial score (nSPS) is 10.2. The van der Waals surface area contributed by atoms with E-state index in [0.717, 1.165) is 0 Å². The first-order valence-electron chi connectivity index (χ1n) is 8.63. The molecule has 3 aromatic rings. The molecular formula is C20H18FN5O4. The topological polar surface area (TPSA) is 128 Å². The van der Waals surface area contributed by atoms with E-state index in [0.29, 0.717) is 5.69 Å². The fraction of sp³-hybridized carbons (Fsp3) is 0.100. The number of aromatic nitrogens is 2. The van der Waals surface area contributed by atoms with Crippen molar-refractivity contribution >= 4 is 40.6 Å². The Labute approximate surface area is 171 Å². The van der Waals surface area contributed by atoms with Crippen LogP contribution < -0.4 is 16.4 Å². The van der Waals surface area contributed by atoms with Crippen molar-refractivity contribution in [2.24, 2.45) is 0 Å². The molecule has 0 amide bonds. The summed E-state index contributed by atoms with van der Waals surface area (Å²) >= 11 is 0. The van der Waals surface area contributed by atoms with Gasteiger partial charge in [-0.25, -0.2) is 23.9 Å². The summed E-state index contributed by atoms with van der Waals surface area (Å²) in [5.74, 6) is -1.39. The van der Waals surface area contributed by atoms with Gasteiger partial charge in [0.2, 0.25) is 0 Å². The van der Waals surface area contributed by atoms with E-state index in [2.05, 4.69) is 20.6 Å². The summed E-state index contributed by atoms with van der Waals surface area (Å²) in [6, 6.07) is 10.3. The van der Waals surface area contributed by atoms with Crippen molar-refractivity contribution in [1.29, 1.82) is 0 Å². The lowest BCUT2D eigenvalue weighted by atomic mass is 10.1. The molecule has 10 heteroatoms. The Hall–Kier alpha value is -4.21. The van der Waals surface area contributed by atoms with Crippen LogP contribution in [0.2, 0.25) is 0 Å². The van der Waals surface area contributed by atoms with Gasteiger partial charge < -0.3 is 25.8 Å². The fourth-order valence-corrected chi connectivity index (χ4v) is 2.59. The number of nitrogens with one attached hydrogen (secondary N) is 2. The lowest BCUT2D eigenvalue weighted by Gasteiger charge is -2.14. The number of anilines is 5. The van der Waals surface area contributed by atoms with Crippen molar-refractivity contribution in [3.63, 3.8) is 0 Å². The van der Waals surface area contributed by atoms with Crippen LogP contribution in [0.3, 0.4) is 0 Å². The summed E-state index contributed by atoms with van der Waals surface area (Å²) in [6.07, 6.45) is 1.23. The number of carbonyl (C=O) groups is 2. The number of hydrogen-bond donors (Lipinski definition) is 3. The Morgan fingerprint density at radius 3 is 2.07 bits per heavy atom. The predicted octanol–water partition coefficient (Wildman–Crippen LogP) is 3.26. The van der Waals surface area contributed by atoms with Crippen molar-refractivity contribution in [2.75, 3.05) is 30.6 Å². The zero-order valence-electron chi connectivity index (χ0n) is 16.1. The SMILES string of the molecule is COC(=O)c1cc(Nc2ncnc(Nc3ccccc3F)c2N)cc(C(=O)OC)c1. The van der Waals surface area contributed by atoms with E-state index in [1.807, 2.05) is 0 Å². The number of carbonyl (C=O) groups excluding carboxylic acids is 2. The number of hydrogen-bond acceptors (Lipinski definition) is 9. The molecule has 0 aliphatic heterocycles. The van der Waals surface area contributed by atoms with Crippen LogP contribution >= 0.6 is 0 Å². The van der Waals surface area contributed by atoms with Gasteiger partial charge in [0.15, 0.2) is 11.6 Å². The Balaban J connectivity index is 1.95. The van der Waals surface area contributed by atoms with E-state index in [1.54, 1.807) is 12.1 Å². The summed E-state index contributed by atoms with van der Waals surface area (Å²) in [4.78, 5) is 32.0. The summed E-state index contributed by atoms with van der Waals surface area (Å²) in [6.45, 7) is 0. The number of methoxy groups -OCH3 is 2. The third-order valence-corrected chi connectivity index (χ3v) is 4.05. The van der Waals surface area contributed by atoms with Gasteiger partial charge in [0.05, 0.1) is 31.0 Å². The van der Waals surface area contributed by atoms with E-state index >= 15 is 0 Å². The minimum absolute atomic E-state index is 0.101. The minimum atomic E-state index is -0.638. The van der Waals surface area contributed by atoms with Crippen LogP contribution in [0.15, 0.2) is 48.8 Å². The van der Waals surface area contributed by atoms with Crippen LogP contribution in [0.5, 0.6) is 0 Å². The van der Waals surface area contributed by atoms with Crippen LogP contribution in [-0.4, -0.2) is 36.1 Å². The van der Waals surface area contributed by atoms with Gasteiger partial charge in [-0.3, -0.25) is 0 Å². The molecule has 4 N–H and O–H groups in total.